The highest BCUT2D eigenvalue weighted by molar-refractivity contribution is 6.07. The lowest BCUT2D eigenvalue weighted by Crippen LogP contribution is -2.29. The number of nitrogens with one attached hydrogen (secondary N) is 3. The fourth-order valence-electron chi connectivity index (χ4n) is 3.28. The molecule has 2 aromatic heterocycles. The molecule has 0 atom stereocenters. The molecule has 3 aromatic rings. The number of carbonyl (C=O) groups excluding carboxylic acids is 2. The topological polar surface area (TPSA) is 109 Å². The van der Waals surface area contributed by atoms with Gasteiger partial charge in [0, 0.05) is 17.5 Å². The molecule has 2 heterocycles. The smallest absolute Gasteiger partial charge is 0.307 e. The third kappa shape index (κ3) is 3.91. The summed E-state index contributed by atoms with van der Waals surface area (Å²) in [4.78, 5) is 24.7. The van der Waals surface area contributed by atoms with E-state index in [0.29, 0.717) is 29.9 Å². The van der Waals surface area contributed by atoms with Crippen molar-refractivity contribution >= 4 is 23.2 Å². The molecule has 0 saturated heterocycles. The summed E-state index contributed by atoms with van der Waals surface area (Å²) < 4.78 is 10.9. The van der Waals surface area contributed by atoms with Crippen molar-refractivity contribution in [2.24, 2.45) is 5.10 Å². The second-order valence-corrected chi connectivity index (χ2v) is 6.63. The van der Waals surface area contributed by atoms with Crippen LogP contribution in [-0.4, -0.2) is 17.5 Å². The molecule has 1 aliphatic carbocycles. The van der Waals surface area contributed by atoms with Gasteiger partial charge in [-0.25, -0.2) is 5.43 Å². The van der Waals surface area contributed by atoms with Crippen molar-refractivity contribution in [2.45, 2.75) is 26.2 Å². The number of hydrazone groups is 1. The van der Waals surface area contributed by atoms with E-state index in [0.717, 1.165) is 17.7 Å². The summed E-state index contributed by atoms with van der Waals surface area (Å²) in [5.41, 5.74) is 10.9. The van der Waals surface area contributed by atoms with Crippen LogP contribution in [0.1, 0.15) is 50.8 Å². The summed E-state index contributed by atoms with van der Waals surface area (Å²) in [6.45, 7) is 1.81. The van der Waals surface area contributed by atoms with Crippen LogP contribution in [0.25, 0.3) is 0 Å². The summed E-state index contributed by atoms with van der Waals surface area (Å²) in [7, 11) is 0. The molecule has 1 aliphatic rings. The highest BCUT2D eigenvalue weighted by Gasteiger charge is 2.28. The summed E-state index contributed by atoms with van der Waals surface area (Å²) in [6, 6.07) is 12.5. The van der Waals surface area contributed by atoms with Gasteiger partial charge in [0.25, 0.3) is 0 Å². The Morgan fingerprint density at radius 3 is 2.62 bits per heavy atom. The van der Waals surface area contributed by atoms with Crippen molar-refractivity contribution in [3.05, 3.63) is 77.1 Å². The van der Waals surface area contributed by atoms with E-state index in [2.05, 4.69) is 21.4 Å². The first kappa shape index (κ1) is 18.5. The maximum atomic E-state index is 12.6. The van der Waals surface area contributed by atoms with E-state index in [1.165, 1.54) is 6.26 Å². The van der Waals surface area contributed by atoms with E-state index in [1.807, 2.05) is 37.3 Å². The molecule has 8 nitrogen and oxygen atoms in total. The van der Waals surface area contributed by atoms with Gasteiger partial charge in [0.05, 0.1) is 17.7 Å². The second kappa shape index (κ2) is 8.05. The van der Waals surface area contributed by atoms with Crippen LogP contribution >= 0.6 is 0 Å². The van der Waals surface area contributed by atoms with Crippen LogP contribution in [0.15, 0.2) is 62.7 Å². The van der Waals surface area contributed by atoms with Crippen LogP contribution in [0.4, 0.5) is 5.69 Å². The number of hydrazine groups is 1. The summed E-state index contributed by atoms with van der Waals surface area (Å²) >= 11 is 0. The predicted molar refractivity (Wildman–Crippen MR) is 107 cm³/mol. The normalized spacial score (nSPS) is 14.3. The van der Waals surface area contributed by atoms with Gasteiger partial charge in [-0.2, -0.15) is 5.10 Å². The number of carbonyl (C=O) groups is 2. The third-order valence-corrected chi connectivity index (χ3v) is 4.66. The predicted octanol–water partition coefficient (Wildman–Crippen LogP) is 3.41. The Labute approximate surface area is 166 Å². The molecule has 148 valence electrons. The minimum absolute atomic E-state index is 0.182. The molecule has 0 aliphatic heterocycles. The minimum Gasteiger partial charge on any atom is -0.459 e. The van der Waals surface area contributed by atoms with Crippen LogP contribution in [-0.2, 0) is 6.42 Å². The highest BCUT2D eigenvalue weighted by atomic mass is 16.4. The van der Waals surface area contributed by atoms with E-state index in [1.54, 1.807) is 12.1 Å². The van der Waals surface area contributed by atoms with E-state index in [-0.39, 0.29) is 17.4 Å². The zero-order chi connectivity index (χ0) is 20.2. The van der Waals surface area contributed by atoms with Crippen LogP contribution in [0.5, 0.6) is 0 Å². The number of aryl methyl sites for hydroxylation is 1. The molecule has 0 radical (unpaired) electrons. The minimum atomic E-state index is -0.430. The fraction of sp³-hybridized carbons (Fsp3) is 0.190. The van der Waals surface area contributed by atoms with E-state index in [9.17, 15) is 9.59 Å². The van der Waals surface area contributed by atoms with E-state index < -0.39 is 5.91 Å². The molecule has 4 rings (SSSR count). The first-order valence-electron chi connectivity index (χ1n) is 9.28. The standard InChI is InChI=1S/C21H20N4O4/c1-13-18-15(23-24-20(26)17-11-6-12-28-17)9-5-10-16(18)29-19(13)21(27)25-22-14-7-3-2-4-8-14/h2-4,6-8,11-12,22H,5,9-10H2,1H3,(H,24,26)(H,25,27)/b23-15+. The van der Waals surface area contributed by atoms with Crippen molar-refractivity contribution < 1.29 is 18.4 Å². The number of rotatable bonds is 5. The van der Waals surface area contributed by atoms with Crippen LogP contribution < -0.4 is 16.3 Å². The van der Waals surface area contributed by atoms with Gasteiger partial charge in [-0.05, 0) is 44.0 Å². The number of benzene rings is 1. The molecule has 29 heavy (non-hydrogen) atoms. The van der Waals surface area contributed by atoms with Crippen molar-refractivity contribution in [3.63, 3.8) is 0 Å². The molecule has 2 amide bonds. The maximum Gasteiger partial charge on any atom is 0.307 e. The first-order valence-corrected chi connectivity index (χ1v) is 9.28. The third-order valence-electron chi connectivity index (χ3n) is 4.66. The quantitative estimate of drug-likeness (QED) is 0.577. The summed E-state index contributed by atoms with van der Waals surface area (Å²) in [5.74, 6) is 0.303. The van der Waals surface area contributed by atoms with Crippen molar-refractivity contribution in [1.82, 2.24) is 10.9 Å². The van der Waals surface area contributed by atoms with Gasteiger partial charge < -0.3 is 8.83 Å². The maximum absolute atomic E-state index is 12.6. The number of hydrogen-bond acceptors (Lipinski definition) is 6. The molecule has 0 saturated carbocycles. The van der Waals surface area contributed by atoms with Gasteiger partial charge in [-0.3, -0.25) is 20.4 Å². The zero-order valence-electron chi connectivity index (χ0n) is 15.8. The highest BCUT2D eigenvalue weighted by Crippen LogP contribution is 2.29. The van der Waals surface area contributed by atoms with Crippen LogP contribution in [0.3, 0.4) is 0 Å². The van der Waals surface area contributed by atoms with Crippen molar-refractivity contribution in [2.75, 3.05) is 5.43 Å². The molecular formula is C21H20N4O4. The Hall–Kier alpha value is -3.81. The summed E-state index contributed by atoms with van der Waals surface area (Å²) in [6.07, 6.45) is 3.63. The molecule has 3 N–H and O–H groups in total. The number of anilines is 1. The molecule has 0 fully saturated rings. The second-order valence-electron chi connectivity index (χ2n) is 6.63. The molecule has 0 spiro atoms. The average Bonchev–Trinajstić information content (AvgIpc) is 3.40. The molecule has 0 bridgehead atoms. The lowest BCUT2D eigenvalue weighted by molar-refractivity contribution is 0.0922. The number of amides is 2. The Balaban J connectivity index is 1.52. The lowest BCUT2D eigenvalue weighted by atomic mass is 9.93. The zero-order valence-corrected chi connectivity index (χ0v) is 15.8. The van der Waals surface area contributed by atoms with Gasteiger partial charge in [0.2, 0.25) is 0 Å². The van der Waals surface area contributed by atoms with Gasteiger partial charge >= 0.3 is 11.8 Å². The van der Waals surface area contributed by atoms with Crippen molar-refractivity contribution in [1.29, 1.82) is 0 Å². The number of furan rings is 2. The Morgan fingerprint density at radius 2 is 1.86 bits per heavy atom. The van der Waals surface area contributed by atoms with E-state index in [4.69, 9.17) is 8.83 Å². The Kier molecular flexibility index (Phi) is 5.15. The number of hydrogen-bond donors (Lipinski definition) is 3. The first-order chi connectivity index (χ1) is 14.1. The molecule has 1 aromatic carbocycles. The van der Waals surface area contributed by atoms with Gasteiger partial charge in [0.1, 0.15) is 5.76 Å². The van der Waals surface area contributed by atoms with Gasteiger partial charge in [0.15, 0.2) is 11.5 Å². The largest absolute Gasteiger partial charge is 0.459 e. The lowest BCUT2D eigenvalue weighted by Gasteiger charge is -2.13. The summed E-state index contributed by atoms with van der Waals surface area (Å²) in [5, 5.41) is 4.26. The Bertz CT molecular complexity index is 1050. The number of fused-ring (bicyclic) bond motifs is 1. The van der Waals surface area contributed by atoms with Crippen molar-refractivity contribution in [3.8, 4) is 0 Å². The molecule has 8 heteroatoms. The number of para-hydroxylation sites is 1. The SMILES string of the molecule is Cc1c(C(=O)NNc2ccccc2)oc2c1/C(=N/NC(=O)c1ccco1)CCC2. The number of nitrogens with zero attached hydrogens (tertiary/aromatic N) is 1. The molecule has 0 unspecified atom stereocenters. The molecular weight excluding hydrogens is 372 g/mol. The fourth-order valence-corrected chi connectivity index (χ4v) is 3.28. The Morgan fingerprint density at radius 1 is 1.03 bits per heavy atom. The average molecular weight is 392 g/mol. The van der Waals surface area contributed by atoms with Gasteiger partial charge in [-0.1, -0.05) is 18.2 Å². The monoisotopic (exact) mass is 392 g/mol. The van der Waals surface area contributed by atoms with Crippen LogP contribution in [0, 0.1) is 6.92 Å². The van der Waals surface area contributed by atoms with E-state index >= 15 is 0 Å². The van der Waals surface area contributed by atoms with Gasteiger partial charge in [-0.15, -0.1) is 0 Å². The van der Waals surface area contributed by atoms with Crippen LogP contribution in [0.2, 0.25) is 0 Å².